The number of rotatable bonds is 2. The minimum atomic E-state index is 0.118. The molecule has 1 amide bonds. The van der Waals surface area contributed by atoms with Crippen molar-refractivity contribution < 1.29 is 4.79 Å². The van der Waals surface area contributed by atoms with Crippen LogP contribution in [0.1, 0.15) is 23.2 Å². The molecule has 1 N–H and O–H groups in total. The molecule has 130 valence electrons. The normalized spacial score (nSPS) is 14.6. The number of nitrogens with one attached hydrogen (secondary N) is 1. The van der Waals surface area contributed by atoms with Crippen molar-refractivity contribution >= 4 is 27.8 Å². The summed E-state index contributed by atoms with van der Waals surface area (Å²) in [5.74, 6) is 0.118. The van der Waals surface area contributed by atoms with Gasteiger partial charge in [0.15, 0.2) is 0 Å². The molecule has 4 heterocycles. The van der Waals surface area contributed by atoms with Crippen LogP contribution < -0.4 is 0 Å². The minimum absolute atomic E-state index is 0.118. The van der Waals surface area contributed by atoms with Crippen molar-refractivity contribution in [2.45, 2.75) is 12.8 Å². The van der Waals surface area contributed by atoms with E-state index in [0.29, 0.717) is 0 Å². The molecule has 0 bridgehead atoms. The number of hydrogen-bond acceptors (Lipinski definition) is 3. The monoisotopic (exact) mass is 345 g/mol. The van der Waals surface area contributed by atoms with Gasteiger partial charge in [0, 0.05) is 48.4 Å². The van der Waals surface area contributed by atoms with E-state index in [2.05, 4.69) is 21.1 Å². The molecule has 1 aliphatic heterocycles. The molecular formula is C20H19N5O. The summed E-state index contributed by atoms with van der Waals surface area (Å²) < 4.78 is 1.87. The Kier molecular flexibility index (Phi) is 3.31. The highest BCUT2D eigenvalue weighted by molar-refractivity contribution is 6.04. The van der Waals surface area contributed by atoms with Crippen LogP contribution in [0, 0.1) is 0 Å². The van der Waals surface area contributed by atoms with Crippen molar-refractivity contribution in [1.29, 1.82) is 0 Å². The third kappa shape index (κ3) is 2.29. The maximum absolute atomic E-state index is 12.7. The molecule has 0 spiro atoms. The summed E-state index contributed by atoms with van der Waals surface area (Å²) in [6, 6.07) is 9.91. The molecule has 1 aromatic carbocycles. The molecular weight excluding hydrogens is 326 g/mol. The van der Waals surface area contributed by atoms with Gasteiger partial charge in [-0.1, -0.05) is 12.1 Å². The predicted octanol–water partition coefficient (Wildman–Crippen LogP) is 3.35. The van der Waals surface area contributed by atoms with E-state index >= 15 is 0 Å². The fourth-order valence-corrected chi connectivity index (χ4v) is 3.82. The van der Waals surface area contributed by atoms with Crippen LogP contribution in [0.3, 0.4) is 0 Å². The number of aromatic amines is 1. The topological polar surface area (TPSA) is 66.8 Å². The fourth-order valence-electron chi connectivity index (χ4n) is 3.82. The average Bonchev–Trinajstić information content (AvgIpc) is 3.40. The van der Waals surface area contributed by atoms with Gasteiger partial charge in [-0.25, -0.2) is 4.98 Å². The van der Waals surface area contributed by atoms with E-state index < -0.39 is 0 Å². The number of H-pyrrole nitrogens is 1. The van der Waals surface area contributed by atoms with Gasteiger partial charge in [0.1, 0.15) is 5.65 Å². The van der Waals surface area contributed by atoms with E-state index in [0.717, 1.165) is 64.7 Å². The molecule has 1 aliphatic rings. The van der Waals surface area contributed by atoms with Gasteiger partial charge in [0.05, 0.1) is 11.7 Å². The molecule has 0 unspecified atom stereocenters. The zero-order chi connectivity index (χ0) is 17.7. The zero-order valence-corrected chi connectivity index (χ0v) is 14.6. The number of nitrogens with zero attached hydrogens (tertiary/aromatic N) is 4. The van der Waals surface area contributed by atoms with Crippen LogP contribution in [-0.2, 0) is 7.05 Å². The van der Waals surface area contributed by atoms with E-state index in [4.69, 9.17) is 0 Å². The first-order valence-corrected chi connectivity index (χ1v) is 8.90. The van der Waals surface area contributed by atoms with E-state index in [1.54, 1.807) is 0 Å². The molecule has 0 radical (unpaired) electrons. The van der Waals surface area contributed by atoms with Gasteiger partial charge < -0.3 is 9.88 Å². The summed E-state index contributed by atoms with van der Waals surface area (Å²) in [5, 5.41) is 6.37. The first-order valence-electron chi connectivity index (χ1n) is 8.90. The molecule has 26 heavy (non-hydrogen) atoms. The van der Waals surface area contributed by atoms with Crippen molar-refractivity contribution in [3.8, 4) is 11.3 Å². The zero-order valence-electron chi connectivity index (χ0n) is 14.6. The summed E-state index contributed by atoms with van der Waals surface area (Å²) in [6.45, 7) is 1.72. The first-order chi connectivity index (χ1) is 12.7. The van der Waals surface area contributed by atoms with Crippen molar-refractivity contribution in [2.75, 3.05) is 13.1 Å². The lowest BCUT2D eigenvalue weighted by Crippen LogP contribution is -2.27. The Morgan fingerprint density at radius 3 is 2.85 bits per heavy atom. The third-order valence-electron chi connectivity index (χ3n) is 5.17. The number of carbonyl (C=O) groups excluding carboxylic acids is 1. The standard InChI is InChI=1S/C20H19N5O/c1-24-18-15(12-22-24)11-21-19-16(18)10-17(23-19)13-5-4-6-14(9-13)20(26)25-7-2-3-8-25/h4-6,9-12H,2-3,7-8H2,1H3,(H,21,23). The van der Waals surface area contributed by atoms with Crippen molar-refractivity contribution in [3.05, 3.63) is 48.3 Å². The van der Waals surface area contributed by atoms with E-state index in [1.165, 1.54) is 0 Å². The number of carbonyl (C=O) groups is 1. The van der Waals surface area contributed by atoms with Crippen molar-refractivity contribution in [3.63, 3.8) is 0 Å². The lowest BCUT2D eigenvalue weighted by molar-refractivity contribution is 0.0793. The molecule has 5 rings (SSSR count). The molecule has 3 aromatic heterocycles. The fraction of sp³-hybridized carbons (Fsp3) is 0.250. The average molecular weight is 345 g/mol. The Morgan fingerprint density at radius 1 is 1.15 bits per heavy atom. The molecule has 0 atom stereocenters. The first kappa shape index (κ1) is 15.1. The Hall–Kier alpha value is -3.15. The third-order valence-corrected chi connectivity index (χ3v) is 5.17. The molecule has 0 saturated carbocycles. The van der Waals surface area contributed by atoms with Crippen LogP contribution >= 0.6 is 0 Å². The lowest BCUT2D eigenvalue weighted by Gasteiger charge is -2.15. The van der Waals surface area contributed by atoms with Crippen LogP contribution in [0.15, 0.2) is 42.7 Å². The van der Waals surface area contributed by atoms with E-state index in [-0.39, 0.29) is 5.91 Å². The Labute approximate surface area is 150 Å². The quantitative estimate of drug-likeness (QED) is 0.606. The Bertz CT molecular complexity index is 1130. The van der Waals surface area contributed by atoms with Crippen LogP contribution in [0.2, 0.25) is 0 Å². The van der Waals surface area contributed by atoms with Gasteiger partial charge in [-0.15, -0.1) is 0 Å². The van der Waals surface area contributed by atoms with Crippen molar-refractivity contribution in [2.24, 2.45) is 7.05 Å². The molecule has 0 aliphatic carbocycles. The lowest BCUT2D eigenvalue weighted by atomic mass is 10.1. The molecule has 6 heteroatoms. The highest BCUT2D eigenvalue weighted by Crippen LogP contribution is 2.29. The minimum Gasteiger partial charge on any atom is -0.339 e. The van der Waals surface area contributed by atoms with Crippen LogP contribution in [0.5, 0.6) is 0 Å². The van der Waals surface area contributed by atoms with Crippen molar-refractivity contribution in [1.82, 2.24) is 24.6 Å². The molecule has 1 fully saturated rings. The molecule has 1 saturated heterocycles. The molecule has 4 aromatic rings. The number of aryl methyl sites for hydroxylation is 1. The van der Waals surface area contributed by atoms with Crippen LogP contribution in [0.25, 0.3) is 33.2 Å². The smallest absolute Gasteiger partial charge is 0.253 e. The summed E-state index contributed by atoms with van der Waals surface area (Å²) in [7, 11) is 1.93. The van der Waals surface area contributed by atoms with E-state index in [1.807, 2.05) is 53.3 Å². The number of benzene rings is 1. The maximum Gasteiger partial charge on any atom is 0.253 e. The number of aromatic nitrogens is 4. The van der Waals surface area contributed by atoms with Gasteiger partial charge in [-0.2, -0.15) is 5.10 Å². The second kappa shape index (κ2) is 5.69. The van der Waals surface area contributed by atoms with Gasteiger partial charge >= 0.3 is 0 Å². The number of pyridine rings is 1. The summed E-state index contributed by atoms with van der Waals surface area (Å²) in [6.07, 6.45) is 5.85. The number of fused-ring (bicyclic) bond motifs is 3. The second-order valence-electron chi connectivity index (χ2n) is 6.86. The van der Waals surface area contributed by atoms with Crippen LogP contribution in [-0.4, -0.2) is 43.6 Å². The van der Waals surface area contributed by atoms with E-state index in [9.17, 15) is 4.79 Å². The van der Waals surface area contributed by atoms with Gasteiger partial charge in [-0.3, -0.25) is 9.48 Å². The SMILES string of the molecule is Cn1ncc2cnc3[nH]c(-c4cccc(C(=O)N5CCCC5)c4)cc3c21. The highest BCUT2D eigenvalue weighted by Gasteiger charge is 2.20. The molecule has 6 nitrogen and oxygen atoms in total. The van der Waals surface area contributed by atoms with Crippen LogP contribution in [0.4, 0.5) is 0 Å². The van der Waals surface area contributed by atoms with Gasteiger partial charge in [0.2, 0.25) is 0 Å². The Morgan fingerprint density at radius 2 is 2.00 bits per heavy atom. The largest absolute Gasteiger partial charge is 0.339 e. The number of likely N-dealkylation sites (tertiary alicyclic amines) is 1. The summed E-state index contributed by atoms with van der Waals surface area (Å²) >= 11 is 0. The summed E-state index contributed by atoms with van der Waals surface area (Å²) in [4.78, 5) is 22.5. The predicted molar refractivity (Wildman–Crippen MR) is 101 cm³/mol. The summed E-state index contributed by atoms with van der Waals surface area (Å²) in [5.41, 5.74) is 4.57. The maximum atomic E-state index is 12.7. The van der Waals surface area contributed by atoms with Gasteiger partial charge in [0.25, 0.3) is 5.91 Å². The Balaban J connectivity index is 1.59. The van der Waals surface area contributed by atoms with Gasteiger partial charge in [-0.05, 0) is 36.6 Å². The second-order valence-corrected chi connectivity index (χ2v) is 6.86. The number of amides is 1. The highest BCUT2D eigenvalue weighted by atomic mass is 16.2. The number of hydrogen-bond donors (Lipinski definition) is 1.